The number of aryl methyl sites for hydroxylation is 1. The lowest BCUT2D eigenvalue weighted by Gasteiger charge is -2.23. The van der Waals surface area contributed by atoms with Crippen molar-refractivity contribution >= 4 is 0 Å². The molecule has 1 unspecified atom stereocenters. The van der Waals surface area contributed by atoms with Crippen molar-refractivity contribution < 1.29 is 18.9 Å². The Labute approximate surface area is 120 Å². The molecule has 1 saturated carbocycles. The average molecular weight is 278 g/mol. The number of benzene rings is 1. The van der Waals surface area contributed by atoms with Gasteiger partial charge in [-0.25, -0.2) is 0 Å². The van der Waals surface area contributed by atoms with Gasteiger partial charge in [0.15, 0.2) is 0 Å². The van der Waals surface area contributed by atoms with Gasteiger partial charge < -0.3 is 18.9 Å². The maximum atomic E-state index is 5.81. The van der Waals surface area contributed by atoms with Gasteiger partial charge in [0, 0.05) is 0 Å². The third-order valence-electron chi connectivity index (χ3n) is 3.64. The first-order valence-corrected chi connectivity index (χ1v) is 7.37. The van der Waals surface area contributed by atoms with Crippen LogP contribution >= 0.6 is 0 Å². The van der Waals surface area contributed by atoms with Gasteiger partial charge in [0.05, 0.1) is 26.4 Å². The molecular weight excluding hydrogens is 256 g/mol. The van der Waals surface area contributed by atoms with Crippen LogP contribution < -0.4 is 9.47 Å². The van der Waals surface area contributed by atoms with E-state index in [1.165, 1.54) is 12.8 Å². The van der Waals surface area contributed by atoms with Crippen molar-refractivity contribution in [2.45, 2.75) is 25.9 Å². The fourth-order valence-corrected chi connectivity index (χ4v) is 2.19. The second-order valence-corrected chi connectivity index (χ2v) is 5.56. The van der Waals surface area contributed by atoms with E-state index in [0.717, 1.165) is 29.6 Å². The Balaban J connectivity index is 1.50. The summed E-state index contributed by atoms with van der Waals surface area (Å²) in [6.45, 7) is 5.36. The van der Waals surface area contributed by atoms with Crippen LogP contribution in [0.2, 0.25) is 0 Å². The molecule has 1 aromatic carbocycles. The van der Waals surface area contributed by atoms with Crippen LogP contribution in [0.4, 0.5) is 0 Å². The summed E-state index contributed by atoms with van der Waals surface area (Å²) < 4.78 is 22.5. The molecule has 110 valence electrons. The van der Waals surface area contributed by atoms with Gasteiger partial charge in [-0.1, -0.05) is 0 Å². The molecule has 0 bridgehead atoms. The van der Waals surface area contributed by atoms with Gasteiger partial charge in [-0.2, -0.15) is 0 Å². The van der Waals surface area contributed by atoms with Gasteiger partial charge >= 0.3 is 0 Å². The van der Waals surface area contributed by atoms with Crippen molar-refractivity contribution in [1.29, 1.82) is 0 Å². The van der Waals surface area contributed by atoms with E-state index in [1.54, 1.807) is 0 Å². The first-order valence-electron chi connectivity index (χ1n) is 7.37. The first kappa shape index (κ1) is 13.7. The van der Waals surface area contributed by atoms with E-state index in [2.05, 4.69) is 0 Å². The van der Waals surface area contributed by atoms with Crippen molar-refractivity contribution in [2.75, 3.05) is 33.0 Å². The Morgan fingerprint density at radius 2 is 2.05 bits per heavy atom. The van der Waals surface area contributed by atoms with Crippen molar-refractivity contribution in [3.05, 3.63) is 23.8 Å². The van der Waals surface area contributed by atoms with Gasteiger partial charge in [-0.3, -0.25) is 0 Å². The molecule has 1 aliphatic heterocycles. The minimum Gasteiger partial charge on any atom is -0.493 e. The van der Waals surface area contributed by atoms with Crippen LogP contribution in [0.5, 0.6) is 11.5 Å². The van der Waals surface area contributed by atoms with E-state index < -0.39 is 0 Å². The summed E-state index contributed by atoms with van der Waals surface area (Å²) in [5.74, 6) is 2.59. The van der Waals surface area contributed by atoms with Crippen LogP contribution in [-0.4, -0.2) is 39.1 Å². The number of rotatable bonds is 6. The zero-order valence-corrected chi connectivity index (χ0v) is 12.0. The minimum absolute atomic E-state index is 0.0361. The third-order valence-corrected chi connectivity index (χ3v) is 3.64. The molecule has 1 heterocycles. The molecule has 3 rings (SSSR count). The monoisotopic (exact) mass is 278 g/mol. The van der Waals surface area contributed by atoms with Crippen LogP contribution in [0.25, 0.3) is 0 Å². The second kappa shape index (κ2) is 6.46. The molecule has 4 nitrogen and oxygen atoms in total. The topological polar surface area (TPSA) is 36.9 Å². The predicted molar refractivity (Wildman–Crippen MR) is 75.5 cm³/mol. The highest BCUT2D eigenvalue weighted by atomic mass is 16.6. The van der Waals surface area contributed by atoms with Crippen LogP contribution in [0.1, 0.15) is 18.4 Å². The van der Waals surface area contributed by atoms with E-state index >= 15 is 0 Å². The second-order valence-electron chi connectivity index (χ2n) is 5.56. The van der Waals surface area contributed by atoms with E-state index in [4.69, 9.17) is 18.9 Å². The Kier molecular flexibility index (Phi) is 4.43. The van der Waals surface area contributed by atoms with Gasteiger partial charge in [0.25, 0.3) is 0 Å². The molecule has 1 atom stereocenters. The Morgan fingerprint density at radius 1 is 1.15 bits per heavy atom. The van der Waals surface area contributed by atoms with Crippen molar-refractivity contribution in [2.24, 2.45) is 5.92 Å². The van der Waals surface area contributed by atoms with Gasteiger partial charge in [-0.05, 0) is 49.4 Å². The Morgan fingerprint density at radius 3 is 2.75 bits per heavy atom. The summed E-state index contributed by atoms with van der Waals surface area (Å²) in [5.41, 5.74) is 1.09. The van der Waals surface area contributed by atoms with Gasteiger partial charge in [0.2, 0.25) is 0 Å². The molecule has 1 saturated heterocycles. The van der Waals surface area contributed by atoms with Crippen LogP contribution in [0, 0.1) is 12.8 Å². The quantitative estimate of drug-likeness (QED) is 0.801. The Bertz CT molecular complexity index is 436. The molecule has 0 amide bonds. The lowest BCUT2D eigenvalue weighted by molar-refractivity contribution is -0.101. The molecule has 1 aromatic rings. The third kappa shape index (κ3) is 3.87. The molecule has 2 fully saturated rings. The number of hydrogen-bond donors (Lipinski definition) is 0. The highest BCUT2D eigenvalue weighted by molar-refractivity contribution is 5.39. The van der Waals surface area contributed by atoms with Crippen molar-refractivity contribution in [3.8, 4) is 11.5 Å². The lowest BCUT2D eigenvalue weighted by atomic mass is 10.2. The molecule has 0 aromatic heterocycles. The molecule has 0 N–H and O–H groups in total. The summed E-state index contributed by atoms with van der Waals surface area (Å²) in [6, 6.07) is 5.99. The number of ether oxygens (including phenoxy) is 4. The molecule has 4 heteroatoms. The van der Waals surface area contributed by atoms with E-state index in [0.29, 0.717) is 26.4 Å². The zero-order valence-electron chi connectivity index (χ0n) is 12.0. The SMILES string of the molecule is Cc1cc(OCC2CC2)ccc1OCC1COCCO1. The normalized spacial score (nSPS) is 22.6. The average Bonchev–Trinajstić information content (AvgIpc) is 3.29. The van der Waals surface area contributed by atoms with Crippen LogP contribution in [0.15, 0.2) is 18.2 Å². The molecule has 0 radical (unpaired) electrons. The largest absolute Gasteiger partial charge is 0.493 e. The highest BCUT2D eigenvalue weighted by Gasteiger charge is 2.22. The highest BCUT2D eigenvalue weighted by Crippen LogP contribution is 2.30. The van der Waals surface area contributed by atoms with Gasteiger partial charge in [0.1, 0.15) is 24.2 Å². The van der Waals surface area contributed by atoms with E-state index in [-0.39, 0.29) is 6.10 Å². The maximum absolute atomic E-state index is 5.81. The fourth-order valence-electron chi connectivity index (χ4n) is 2.19. The molecule has 20 heavy (non-hydrogen) atoms. The van der Waals surface area contributed by atoms with Crippen molar-refractivity contribution in [3.63, 3.8) is 0 Å². The van der Waals surface area contributed by atoms with Gasteiger partial charge in [-0.15, -0.1) is 0 Å². The van der Waals surface area contributed by atoms with Crippen LogP contribution in [0.3, 0.4) is 0 Å². The zero-order chi connectivity index (χ0) is 13.8. The predicted octanol–water partition coefficient (Wildman–Crippen LogP) is 2.58. The number of hydrogen-bond acceptors (Lipinski definition) is 4. The molecule has 2 aliphatic rings. The van der Waals surface area contributed by atoms with E-state index in [9.17, 15) is 0 Å². The summed E-state index contributed by atoms with van der Waals surface area (Å²) in [6.07, 6.45) is 2.65. The maximum Gasteiger partial charge on any atom is 0.122 e. The smallest absolute Gasteiger partial charge is 0.122 e. The Hall–Kier alpha value is -1.26. The summed E-state index contributed by atoms with van der Waals surface area (Å²) >= 11 is 0. The van der Waals surface area contributed by atoms with Crippen molar-refractivity contribution in [1.82, 2.24) is 0 Å². The lowest BCUT2D eigenvalue weighted by Crippen LogP contribution is -2.33. The summed E-state index contributed by atoms with van der Waals surface area (Å²) in [7, 11) is 0. The summed E-state index contributed by atoms with van der Waals surface area (Å²) in [4.78, 5) is 0. The molecule has 1 aliphatic carbocycles. The molecular formula is C16H22O4. The van der Waals surface area contributed by atoms with Crippen LogP contribution in [-0.2, 0) is 9.47 Å². The fraction of sp³-hybridized carbons (Fsp3) is 0.625. The summed E-state index contributed by atoms with van der Waals surface area (Å²) in [5, 5.41) is 0. The molecule has 0 spiro atoms. The first-order chi connectivity index (χ1) is 9.81. The standard InChI is InChI=1S/C16H22O4/c1-12-8-14(19-9-13-2-3-13)4-5-16(12)20-11-15-10-17-6-7-18-15/h4-5,8,13,15H,2-3,6-7,9-11H2,1H3. The minimum atomic E-state index is 0.0361. The van der Waals surface area contributed by atoms with E-state index in [1.807, 2.05) is 25.1 Å².